The molecule has 1 aliphatic rings. The number of nitrogens with zero attached hydrogens (tertiary/aromatic N) is 2. The van der Waals surface area contributed by atoms with Gasteiger partial charge in [-0.05, 0) is 11.6 Å². The number of nitrogens with two attached hydrogens (primary N) is 1. The van der Waals surface area contributed by atoms with Crippen LogP contribution in [-0.4, -0.2) is 9.97 Å². The van der Waals surface area contributed by atoms with E-state index in [0.717, 1.165) is 23.3 Å². The average Bonchev–Trinajstić information content (AvgIpc) is 2.70. The van der Waals surface area contributed by atoms with Crippen LogP contribution in [0.25, 0.3) is 11.0 Å². The van der Waals surface area contributed by atoms with Crippen LogP contribution in [0.3, 0.4) is 0 Å². The van der Waals surface area contributed by atoms with Crippen LogP contribution in [0.15, 0.2) is 18.5 Å². The lowest BCUT2D eigenvalue weighted by atomic mass is 10.1. The van der Waals surface area contributed by atoms with Crippen LogP contribution in [0.5, 0.6) is 0 Å². The second-order valence-electron chi connectivity index (χ2n) is 3.08. The van der Waals surface area contributed by atoms with Gasteiger partial charge in [-0.1, -0.05) is 6.07 Å². The molecule has 0 bridgehead atoms. The van der Waals surface area contributed by atoms with E-state index in [1.165, 1.54) is 10.7 Å². The molecule has 0 radical (unpaired) electrons. The van der Waals surface area contributed by atoms with E-state index in [1.807, 2.05) is 6.07 Å². The molecule has 13 heavy (non-hydrogen) atoms. The Balaban J connectivity index is 2.42. The molecule has 4 N–H and O–H groups in total. The van der Waals surface area contributed by atoms with E-state index in [-0.39, 0.29) is 0 Å². The SMILES string of the molecule is NN1NCc2ccc3[nH]cnc3c21. The van der Waals surface area contributed by atoms with Gasteiger partial charge in [0, 0.05) is 6.54 Å². The minimum atomic E-state index is 0.772. The zero-order valence-corrected chi connectivity index (χ0v) is 6.91. The van der Waals surface area contributed by atoms with Gasteiger partial charge in [-0.25, -0.2) is 21.4 Å². The van der Waals surface area contributed by atoms with Gasteiger partial charge in [0.25, 0.3) is 0 Å². The summed E-state index contributed by atoms with van der Waals surface area (Å²) in [4.78, 5) is 7.27. The first kappa shape index (κ1) is 6.88. The Kier molecular flexibility index (Phi) is 1.17. The number of fused-ring (bicyclic) bond motifs is 3. The third-order valence-electron chi connectivity index (χ3n) is 2.33. The maximum atomic E-state index is 5.74. The molecule has 1 aromatic carbocycles. The van der Waals surface area contributed by atoms with Gasteiger partial charge in [0.15, 0.2) is 0 Å². The molecule has 2 heterocycles. The molecular weight excluding hydrogens is 166 g/mol. The smallest absolute Gasteiger partial charge is 0.115 e. The number of hydrogen-bond donors (Lipinski definition) is 3. The van der Waals surface area contributed by atoms with E-state index in [9.17, 15) is 0 Å². The van der Waals surface area contributed by atoms with E-state index < -0.39 is 0 Å². The number of anilines is 1. The second kappa shape index (κ2) is 2.21. The van der Waals surface area contributed by atoms with Gasteiger partial charge < -0.3 is 4.98 Å². The highest BCUT2D eigenvalue weighted by molar-refractivity contribution is 5.90. The van der Waals surface area contributed by atoms with Gasteiger partial charge in [0.1, 0.15) is 11.2 Å². The molecule has 5 nitrogen and oxygen atoms in total. The fraction of sp³-hybridized carbons (Fsp3) is 0.125. The van der Waals surface area contributed by atoms with Crippen LogP contribution < -0.4 is 16.4 Å². The van der Waals surface area contributed by atoms with Crippen molar-refractivity contribution >= 4 is 16.7 Å². The fourth-order valence-electron chi connectivity index (χ4n) is 1.70. The van der Waals surface area contributed by atoms with Crippen LogP contribution >= 0.6 is 0 Å². The second-order valence-corrected chi connectivity index (χ2v) is 3.08. The van der Waals surface area contributed by atoms with Crippen molar-refractivity contribution in [3.63, 3.8) is 0 Å². The highest BCUT2D eigenvalue weighted by Gasteiger charge is 2.19. The first-order chi connectivity index (χ1) is 6.36. The van der Waals surface area contributed by atoms with Crippen LogP contribution in [0, 0.1) is 0 Å². The van der Waals surface area contributed by atoms with Gasteiger partial charge in [0.2, 0.25) is 0 Å². The summed E-state index contributed by atoms with van der Waals surface area (Å²) in [6, 6.07) is 4.07. The average molecular weight is 175 g/mol. The van der Waals surface area contributed by atoms with E-state index in [0.29, 0.717) is 0 Å². The van der Waals surface area contributed by atoms with Crippen molar-refractivity contribution in [2.75, 3.05) is 5.12 Å². The molecule has 2 aromatic rings. The van der Waals surface area contributed by atoms with E-state index >= 15 is 0 Å². The Morgan fingerprint density at radius 2 is 2.38 bits per heavy atom. The number of nitrogens with one attached hydrogen (secondary N) is 2. The highest BCUT2D eigenvalue weighted by atomic mass is 15.7. The summed E-state index contributed by atoms with van der Waals surface area (Å²) >= 11 is 0. The number of hydrazine groups is 2. The normalized spacial score (nSPS) is 15.3. The van der Waals surface area contributed by atoms with E-state index in [1.54, 1.807) is 6.33 Å². The summed E-state index contributed by atoms with van der Waals surface area (Å²) in [6.45, 7) is 0.772. The number of H-pyrrole nitrogens is 1. The molecule has 1 aliphatic heterocycles. The molecule has 1 aromatic heterocycles. The van der Waals surface area contributed by atoms with Crippen molar-refractivity contribution < 1.29 is 0 Å². The van der Waals surface area contributed by atoms with Gasteiger partial charge in [-0.3, -0.25) is 0 Å². The van der Waals surface area contributed by atoms with Crippen molar-refractivity contribution in [1.29, 1.82) is 0 Å². The molecular formula is C8H9N5. The van der Waals surface area contributed by atoms with Crippen molar-refractivity contribution in [3.05, 3.63) is 24.0 Å². The Hall–Kier alpha value is -1.59. The minimum Gasteiger partial charge on any atom is -0.345 e. The molecule has 5 heteroatoms. The Morgan fingerprint density at radius 3 is 3.31 bits per heavy atom. The van der Waals surface area contributed by atoms with E-state index in [4.69, 9.17) is 5.84 Å². The standard InChI is InChI=1S/C8H9N5/c9-13-8-5(3-12-13)1-2-6-7(8)11-4-10-6/h1-2,4,12H,3,9H2,(H,10,11). The monoisotopic (exact) mass is 175 g/mol. The van der Waals surface area contributed by atoms with Crippen molar-refractivity contribution in [3.8, 4) is 0 Å². The molecule has 66 valence electrons. The number of imidazole rings is 1. The zero-order chi connectivity index (χ0) is 8.84. The molecule has 0 unspecified atom stereocenters. The highest BCUT2D eigenvalue weighted by Crippen LogP contribution is 2.29. The number of aromatic amines is 1. The largest absolute Gasteiger partial charge is 0.345 e. The molecule has 3 rings (SSSR count). The summed E-state index contributed by atoms with van der Waals surface area (Å²) in [5, 5.41) is 1.53. The lowest BCUT2D eigenvalue weighted by Gasteiger charge is -2.10. The summed E-state index contributed by atoms with van der Waals surface area (Å²) in [6.07, 6.45) is 1.68. The van der Waals surface area contributed by atoms with E-state index in [2.05, 4.69) is 21.5 Å². The third-order valence-corrected chi connectivity index (χ3v) is 2.33. The number of hydrogen-bond acceptors (Lipinski definition) is 4. The lowest BCUT2D eigenvalue weighted by Crippen LogP contribution is -2.38. The third kappa shape index (κ3) is 0.796. The predicted octanol–water partition coefficient (Wildman–Crippen LogP) is 0.261. The van der Waals surface area contributed by atoms with Crippen LogP contribution in [0.4, 0.5) is 5.69 Å². The van der Waals surface area contributed by atoms with Crippen LogP contribution in [0.1, 0.15) is 5.56 Å². The lowest BCUT2D eigenvalue weighted by molar-refractivity contribution is 0.695. The van der Waals surface area contributed by atoms with Crippen LogP contribution in [0.2, 0.25) is 0 Å². The van der Waals surface area contributed by atoms with Crippen molar-refractivity contribution in [2.45, 2.75) is 6.54 Å². The molecule has 0 saturated heterocycles. The number of rotatable bonds is 0. The predicted molar refractivity (Wildman–Crippen MR) is 49.6 cm³/mol. The maximum Gasteiger partial charge on any atom is 0.115 e. The minimum absolute atomic E-state index is 0.772. The molecule has 0 amide bonds. The zero-order valence-electron chi connectivity index (χ0n) is 6.91. The van der Waals surface area contributed by atoms with Crippen molar-refractivity contribution in [2.24, 2.45) is 5.84 Å². The van der Waals surface area contributed by atoms with Crippen LogP contribution in [-0.2, 0) is 6.54 Å². The summed E-state index contributed by atoms with van der Waals surface area (Å²) < 4.78 is 0. The summed E-state index contributed by atoms with van der Waals surface area (Å²) in [5.74, 6) is 5.74. The maximum absolute atomic E-state index is 5.74. The van der Waals surface area contributed by atoms with Gasteiger partial charge in [-0.15, -0.1) is 0 Å². The van der Waals surface area contributed by atoms with Gasteiger partial charge in [-0.2, -0.15) is 0 Å². The quantitative estimate of drug-likeness (QED) is 0.502. The van der Waals surface area contributed by atoms with Gasteiger partial charge >= 0.3 is 0 Å². The summed E-state index contributed by atoms with van der Waals surface area (Å²) in [7, 11) is 0. The molecule has 0 saturated carbocycles. The topological polar surface area (TPSA) is 70.0 Å². The molecule has 0 fully saturated rings. The Labute approximate surface area is 74.5 Å². The first-order valence-corrected chi connectivity index (χ1v) is 4.09. The molecule has 0 spiro atoms. The number of benzene rings is 1. The molecule has 0 atom stereocenters. The Bertz CT molecular complexity index is 461. The Morgan fingerprint density at radius 1 is 1.46 bits per heavy atom. The first-order valence-electron chi connectivity index (χ1n) is 4.09. The van der Waals surface area contributed by atoms with Crippen molar-refractivity contribution in [1.82, 2.24) is 15.4 Å². The summed E-state index contributed by atoms with van der Waals surface area (Å²) in [5.41, 5.74) is 7.11. The van der Waals surface area contributed by atoms with Gasteiger partial charge in [0.05, 0.1) is 11.8 Å². The molecule has 0 aliphatic carbocycles. The fourth-order valence-corrected chi connectivity index (χ4v) is 1.70. The number of aromatic nitrogens is 2.